The third-order valence-electron chi connectivity index (χ3n) is 4.88. The number of para-hydroxylation sites is 1. The van der Waals surface area contributed by atoms with Gasteiger partial charge in [0.2, 0.25) is 5.91 Å². The van der Waals surface area contributed by atoms with Crippen molar-refractivity contribution in [3.63, 3.8) is 0 Å². The largest absolute Gasteiger partial charge is 0.349 e. The minimum atomic E-state index is -0.307. The molecule has 0 aliphatic carbocycles. The summed E-state index contributed by atoms with van der Waals surface area (Å²) in [6, 6.07) is 14.7. The van der Waals surface area contributed by atoms with E-state index in [4.69, 9.17) is 0 Å². The van der Waals surface area contributed by atoms with Gasteiger partial charge in [0.15, 0.2) is 5.65 Å². The number of amides is 2. The summed E-state index contributed by atoms with van der Waals surface area (Å²) in [7, 11) is 3.41. The molecule has 156 valence electrons. The molecule has 0 saturated heterocycles. The summed E-state index contributed by atoms with van der Waals surface area (Å²) in [6.45, 7) is 0.545. The van der Waals surface area contributed by atoms with Crippen LogP contribution in [0, 0.1) is 0 Å². The van der Waals surface area contributed by atoms with E-state index in [-0.39, 0.29) is 18.2 Å². The van der Waals surface area contributed by atoms with Crippen LogP contribution in [0.3, 0.4) is 0 Å². The van der Waals surface area contributed by atoms with Gasteiger partial charge >= 0.3 is 0 Å². The van der Waals surface area contributed by atoms with Crippen LogP contribution in [0.25, 0.3) is 11.2 Å². The van der Waals surface area contributed by atoms with Crippen molar-refractivity contribution in [1.29, 1.82) is 0 Å². The van der Waals surface area contributed by atoms with Gasteiger partial charge < -0.3 is 14.8 Å². The first-order chi connectivity index (χ1) is 15.0. The zero-order valence-corrected chi connectivity index (χ0v) is 17.3. The van der Waals surface area contributed by atoms with Crippen LogP contribution in [0.4, 0.5) is 5.69 Å². The lowest BCUT2D eigenvalue weighted by molar-refractivity contribution is -0.127. The Bertz CT molecular complexity index is 1230. The van der Waals surface area contributed by atoms with E-state index in [2.05, 4.69) is 20.3 Å². The van der Waals surface area contributed by atoms with Crippen molar-refractivity contribution in [2.45, 2.75) is 13.0 Å². The van der Waals surface area contributed by atoms with Crippen molar-refractivity contribution in [2.24, 2.45) is 0 Å². The maximum Gasteiger partial charge on any atom is 0.257 e. The SMILES string of the molecule is CN(C)C(=O)Cc1ccccc1NC(=O)c1cnc2c(c1)ncn2Cc1ccccn1. The van der Waals surface area contributed by atoms with E-state index >= 15 is 0 Å². The summed E-state index contributed by atoms with van der Waals surface area (Å²) in [6.07, 6.45) is 5.17. The van der Waals surface area contributed by atoms with Gasteiger partial charge in [0.1, 0.15) is 5.52 Å². The number of benzene rings is 1. The van der Waals surface area contributed by atoms with E-state index in [0.717, 1.165) is 11.3 Å². The topological polar surface area (TPSA) is 93.0 Å². The smallest absolute Gasteiger partial charge is 0.257 e. The molecule has 4 aromatic rings. The van der Waals surface area contributed by atoms with Gasteiger partial charge in [-0.25, -0.2) is 9.97 Å². The lowest BCUT2D eigenvalue weighted by atomic mass is 10.1. The van der Waals surface area contributed by atoms with Gasteiger partial charge in [-0.05, 0) is 29.8 Å². The second-order valence-corrected chi connectivity index (χ2v) is 7.34. The van der Waals surface area contributed by atoms with Gasteiger partial charge in [-0.1, -0.05) is 24.3 Å². The number of aromatic nitrogens is 4. The molecule has 0 atom stereocenters. The Morgan fingerprint density at radius 2 is 1.84 bits per heavy atom. The first-order valence-electron chi connectivity index (χ1n) is 9.81. The van der Waals surface area contributed by atoms with Gasteiger partial charge in [-0.3, -0.25) is 14.6 Å². The zero-order chi connectivity index (χ0) is 21.8. The predicted octanol–water partition coefficient (Wildman–Crippen LogP) is 2.76. The summed E-state index contributed by atoms with van der Waals surface area (Å²) in [5, 5.41) is 2.89. The molecule has 0 saturated carbocycles. The molecular weight excluding hydrogens is 392 g/mol. The van der Waals surface area contributed by atoms with Crippen LogP contribution < -0.4 is 5.32 Å². The highest BCUT2D eigenvalue weighted by Gasteiger charge is 2.14. The Balaban J connectivity index is 1.53. The molecule has 1 N–H and O–H groups in total. The van der Waals surface area contributed by atoms with Gasteiger partial charge in [0.05, 0.1) is 30.6 Å². The quantitative estimate of drug-likeness (QED) is 0.524. The Morgan fingerprint density at radius 3 is 2.61 bits per heavy atom. The standard InChI is InChI=1S/C23H22N6O2/c1-28(2)21(30)12-16-7-3-4-9-19(16)27-23(31)17-11-20-22(25-13-17)29(15-26-20)14-18-8-5-6-10-24-18/h3-11,13,15H,12,14H2,1-2H3,(H,27,31). The van der Waals surface area contributed by atoms with Crippen molar-refractivity contribution >= 4 is 28.7 Å². The fourth-order valence-corrected chi connectivity index (χ4v) is 3.17. The average Bonchev–Trinajstić information content (AvgIpc) is 3.17. The molecule has 4 rings (SSSR count). The van der Waals surface area contributed by atoms with Crippen molar-refractivity contribution < 1.29 is 9.59 Å². The molecule has 0 fully saturated rings. The highest BCUT2D eigenvalue weighted by Crippen LogP contribution is 2.19. The Labute approximate surface area is 179 Å². The van der Waals surface area contributed by atoms with E-state index in [1.54, 1.807) is 38.8 Å². The van der Waals surface area contributed by atoms with Crippen LogP contribution in [0.15, 0.2) is 67.3 Å². The number of carbonyl (C=O) groups excluding carboxylic acids is 2. The van der Waals surface area contributed by atoms with E-state index in [1.807, 2.05) is 41.0 Å². The van der Waals surface area contributed by atoms with Crippen LogP contribution in [0.5, 0.6) is 0 Å². The predicted molar refractivity (Wildman–Crippen MR) is 118 cm³/mol. The average molecular weight is 414 g/mol. The number of nitrogens with zero attached hydrogens (tertiary/aromatic N) is 5. The van der Waals surface area contributed by atoms with Crippen LogP contribution in [0.2, 0.25) is 0 Å². The third kappa shape index (κ3) is 4.58. The molecule has 3 heterocycles. The van der Waals surface area contributed by atoms with E-state index in [1.165, 1.54) is 11.1 Å². The van der Waals surface area contributed by atoms with Crippen molar-refractivity contribution in [2.75, 3.05) is 19.4 Å². The highest BCUT2D eigenvalue weighted by atomic mass is 16.2. The Morgan fingerprint density at radius 1 is 1.03 bits per heavy atom. The summed E-state index contributed by atoms with van der Waals surface area (Å²) in [5.41, 5.74) is 3.95. The fourth-order valence-electron chi connectivity index (χ4n) is 3.17. The first-order valence-corrected chi connectivity index (χ1v) is 9.81. The number of anilines is 1. The molecule has 0 spiro atoms. The molecule has 1 aromatic carbocycles. The number of carbonyl (C=O) groups is 2. The number of hydrogen-bond donors (Lipinski definition) is 1. The van der Waals surface area contributed by atoms with Crippen LogP contribution in [-0.4, -0.2) is 50.3 Å². The summed E-state index contributed by atoms with van der Waals surface area (Å²) >= 11 is 0. The number of rotatable bonds is 6. The van der Waals surface area contributed by atoms with Gasteiger partial charge in [-0.2, -0.15) is 0 Å². The molecule has 8 heteroatoms. The molecule has 2 amide bonds. The molecule has 0 bridgehead atoms. The number of imidazole rings is 1. The Kier molecular flexibility index (Phi) is 5.70. The van der Waals surface area contributed by atoms with Crippen molar-refractivity contribution in [3.8, 4) is 0 Å². The van der Waals surface area contributed by atoms with Crippen molar-refractivity contribution in [1.82, 2.24) is 24.4 Å². The molecule has 0 unspecified atom stereocenters. The number of fused-ring (bicyclic) bond motifs is 1. The third-order valence-corrected chi connectivity index (χ3v) is 4.88. The second-order valence-electron chi connectivity index (χ2n) is 7.34. The van der Waals surface area contributed by atoms with Crippen LogP contribution in [-0.2, 0) is 17.8 Å². The number of hydrogen-bond acceptors (Lipinski definition) is 5. The van der Waals surface area contributed by atoms with Crippen molar-refractivity contribution in [3.05, 3.63) is 84.1 Å². The van der Waals surface area contributed by atoms with E-state index < -0.39 is 0 Å². The van der Waals surface area contributed by atoms with E-state index in [9.17, 15) is 9.59 Å². The molecular formula is C23H22N6O2. The minimum Gasteiger partial charge on any atom is -0.349 e. The first kappa shape index (κ1) is 20.2. The molecule has 8 nitrogen and oxygen atoms in total. The second kappa shape index (κ2) is 8.74. The maximum absolute atomic E-state index is 12.8. The van der Waals surface area contributed by atoms with Gasteiger partial charge in [0, 0.05) is 32.2 Å². The monoisotopic (exact) mass is 414 g/mol. The Hall–Kier alpha value is -4.07. The maximum atomic E-state index is 12.8. The molecule has 0 radical (unpaired) electrons. The number of pyridine rings is 2. The number of likely N-dealkylation sites (N-methyl/N-ethyl adjacent to an activating group) is 1. The fraction of sp³-hybridized carbons (Fsp3) is 0.174. The van der Waals surface area contributed by atoms with Gasteiger partial charge in [-0.15, -0.1) is 0 Å². The number of nitrogens with one attached hydrogen (secondary N) is 1. The lowest BCUT2D eigenvalue weighted by Crippen LogP contribution is -2.24. The van der Waals surface area contributed by atoms with Crippen LogP contribution >= 0.6 is 0 Å². The normalized spacial score (nSPS) is 10.8. The van der Waals surface area contributed by atoms with E-state index in [0.29, 0.717) is 29.0 Å². The molecule has 0 aliphatic rings. The van der Waals surface area contributed by atoms with Crippen LogP contribution in [0.1, 0.15) is 21.6 Å². The zero-order valence-electron chi connectivity index (χ0n) is 17.3. The summed E-state index contributed by atoms with van der Waals surface area (Å²) in [5.74, 6) is -0.346. The molecule has 3 aromatic heterocycles. The molecule has 31 heavy (non-hydrogen) atoms. The molecule has 0 aliphatic heterocycles. The summed E-state index contributed by atoms with van der Waals surface area (Å²) in [4.78, 5) is 39.6. The van der Waals surface area contributed by atoms with Gasteiger partial charge in [0.25, 0.3) is 5.91 Å². The lowest BCUT2D eigenvalue weighted by Gasteiger charge is -2.14. The minimum absolute atomic E-state index is 0.0387. The summed E-state index contributed by atoms with van der Waals surface area (Å²) < 4.78 is 1.89. The highest BCUT2D eigenvalue weighted by molar-refractivity contribution is 6.06.